The summed E-state index contributed by atoms with van der Waals surface area (Å²) in [5, 5.41) is 10.6. The number of aromatic nitrogens is 1. The number of fused-ring (bicyclic) bond motifs is 3. The molecule has 0 saturated carbocycles. The lowest BCUT2D eigenvalue weighted by molar-refractivity contribution is 0.402. The van der Waals surface area contributed by atoms with Crippen molar-refractivity contribution in [3.05, 3.63) is 116 Å². The first-order chi connectivity index (χ1) is 17.5. The maximum atomic E-state index is 13.9. The van der Waals surface area contributed by atoms with E-state index >= 15 is 0 Å². The molecular weight excluding hydrogens is 651 g/mol. The summed E-state index contributed by atoms with van der Waals surface area (Å²) >= 11 is 6.92. The Labute approximate surface area is 233 Å². The summed E-state index contributed by atoms with van der Waals surface area (Å²) in [4.78, 5) is 19.6. The van der Waals surface area contributed by atoms with Crippen molar-refractivity contribution in [2.45, 2.75) is 18.9 Å². The molecule has 0 fully saturated rings. The zero-order valence-electron chi connectivity index (χ0n) is 19.2. The van der Waals surface area contributed by atoms with Crippen LogP contribution in [0.25, 0.3) is 11.8 Å². The minimum absolute atomic E-state index is 0.130. The van der Waals surface area contributed by atoms with Crippen LogP contribution in [0.5, 0.6) is 11.5 Å². The van der Waals surface area contributed by atoms with Gasteiger partial charge in [0.2, 0.25) is 0 Å². The fraction of sp³-hybridized carbons (Fsp3) is 0.143. The molecule has 1 atom stereocenters. The largest absolute Gasteiger partial charge is 0.506 e. The highest BCUT2D eigenvalue weighted by Crippen LogP contribution is 2.43. The van der Waals surface area contributed by atoms with E-state index in [1.54, 1.807) is 17.8 Å². The minimum Gasteiger partial charge on any atom is -0.506 e. The molecule has 2 heterocycles. The molecule has 0 unspecified atom stereocenters. The van der Waals surface area contributed by atoms with E-state index in [0.29, 0.717) is 18.5 Å². The second kappa shape index (κ2) is 9.32. The molecule has 1 aliphatic carbocycles. The highest BCUT2D eigenvalue weighted by molar-refractivity contribution is 14.1. The lowest BCUT2D eigenvalue weighted by Gasteiger charge is -2.31. The number of thiazole rings is 1. The zero-order chi connectivity index (χ0) is 25.0. The molecule has 2 aliphatic rings. The summed E-state index contributed by atoms with van der Waals surface area (Å²) in [5.41, 5.74) is 5.85. The summed E-state index contributed by atoms with van der Waals surface area (Å²) in [6.07, 6.45) is 3.46. The number of hydrogen-bond acceptors (Lipinski definition) is 5. The van der Waals surface area contributed by atoms with Crippen molar-refractivity contribution in [3.63, 3.8) is 0 Å². The number of aromatic hydroxyl groups is 1. The first-order valence-electron chi connectivity index (χ1n) is 11.4. The van der Waals surface area contributed by atoms with Gasteiger partial charge in [-0.3, -0.25) is 9.36 Å². The van der Waals surface area contributed by atoms with Crippen LogP contribution in [0.15, 0.2) is 80.5 Å². The molecule has 0 bridgehead atoms. The highest BCUT2D eigenvalue weighted by atomic mass is 127. The molecule has 0 amide bonds. The normalized spacial score (nSPS) is 16.8. The van der Waals surface area contributed by atoms with Crippen LogP contribution in [0.2, 0.25) is 0 Å². The van der Waals surface area contributed by atoms with E-state index in [2.05, 4.69) is 56.7 Å². The molecule has 1 aliphatic heterocycles. The third kappa shape index (κ3) is 3.86. The zero-order valence-corrected chi connectivity index (χ0v) is 23.7. The van der Waals surface area contributed by atoms with Crippen LogP contribution in [-0.4, -0.2) is 16.8 Å². The average molecular weight is 671 g/mol. The van der Waals surface area contributed by atoms with Crippen LogP contribution in [-0.2, 0) is 6.42 Å². The number of phenols is 1. The molecule has 0 spiro atoms. The number of nitrogens with zero attached hydrogens (tertiary/aromatic N) is 2. The standard InChI is InChI=1S/C28H20BrIN2O3S/c1-35-22-9-5-4-8-19(22)25-20-11-10-15-6-2-3-7-18(15)24(20)31-28-32(25)27(34)23(36-28)13-16-12-17(29)14-21(30)26(16)33/h2-9,12-14,25,33H,10-11H2,1H3/b23-13-/t25-/m1/s1. The molecule has 1 N–H and O–H groups in total. The third-order valence-electron chi connectivity index (χ3n) is 6.65. The highest BCUT2D eigenvalue weighted by Gasteiger charge is 2.34. The molecule has 0 saturated heterocycles. The first-order valence-corrected chi connectivity index (χ1v) is 14.1. The average Bonchev–Trinajstić information content (AvgIpc) is 3.20. The van der Waals surface area contributed by atoms with Gasteiger partial charge in [0.05, 0.1) is 27.0 Å². The molecular formula is C28H20BrIN2O3S. The predicted molar refractivity (Wildman–Crippen MR) is 154 cm³/mol. The molecule has 8 heteroatoms. The van der Waals surface area contributed by atoms with Gasteiger partial charge in [0, 0.05) is 21.2 Å². The molecule has 3 aromatic carbocycles. The van der Waals surface area contributed by atoms with Gasteiger partial charge in [0.15, 0.2) is 4.80 Å². The lowest BCUT2D eigenvalue weighted by Crippen LogP contribution is -2.39. The number of benzene rings is 3. The van der Waals surface area contributed by atoms with Crippen molar-refractivity contribution >= 4 is 61.6 Å². The van der Waals surface area contributed by atoms with E-state index in [1.165, 1.54) is 16.9 Å². The van der Waals surface area contributed by atoms with Gasteiger partial charge in [-0.25, -0.2) is 4.99 Å². The van der Waals surface area contributed by atoms with E-state index in [9.17, 15) is 9.90 Å². The van der Waals surface area contributed by atoms with Gasteiger partial charge in [-0.15, -0.1) is 0 Å². The third-order valence-corrected chi connectivity index (χ3v) is 8.91. The Morgan fingerprint density at radius 3 is 2.78 bits per heavy atom. The first kappa shape index (κ1) is 23.7. The molecule has 5 nitrogen and oxygen atoms in total. The number of allylic oxidation sites excluding steroid dienone is 1. The fourth-order valence-corrected chi connectivity index (χ4v) is 7.57. The molecule has 0 radical (unpaired) electrons. The quantitative estimate of drug-likeness (QED) is 0.297. The van der Waals surface area contributed by atoms with Gasteiger partial charge < -0.3 is 9.84 Å². The second-order valence-electron chi connectivity index (χ2n) is 8.68. The van der Waals surface area contributed by atoms with E-state index in [1.807, 2.05) is 42.5 Å². The van der Waals surface area contributed by atoms with Crippen LogP contribution < -0.4 is 19.6 Å². The summed E-state index contributed by atoms with van der Waals surface area (Å²) < 4.78 is 9.59. The number of hydrogen-bond donors (Lipinski definition) is 1. The summed E-state index contributed by atoms with van der Waals surface area (Å²) in [7, 11) is 1.66. The number of phenolic OH excluding ortho intramolecular Hbond substituents is 1. The summed E-state index contributed by atoms with van der Waals surface area (Å²) in [6, 6.07) is 19.6. The van der Waals surface area contributed by atoms with Crippen molar-refractivity contribution in [3.8, 4) is 11.5 Å². The van der Waals surface area contributed by atoms with Gasteiger partial charge >= 0.3 is 0 Å². The van der Waals surface area contributed by atoms with Crippen LogP contribution in [0.1, 0.15) is 34.7 Å². The van der Waals surface area contributed by atoms with E-state index in [4.69, 9.17) is 9.73 Å². The van der Waals surface area contributed by atoms with Crippen molar-refractivity contribution in [2.75, 3.05) is 7.11 Å². The van der Waals surface area contributed by atoms with Crippen molar-refractivity contribution in [1.82, 2.24) is 4.57 Å². The van der Waals surface area contributed by atoms with E-state index in [0.717, 1.165) is 45.5 Å². The number of methoxy groups -OCH3 is 1. The van der Waals surface area contributed by atoms with Crippen LogP contribution in [0.3, 0.4) is 0 Å². The van der Waals surface area contributed by atoms with Gasteiger partial charge in [0.25, 0.3) is 5.56 Å². The number of rotatable bonds is 3. The number of halogens is 2. The Morgan fingerprint density at radius 1 is 1.17 bits per heavy atom. The topological polar surface area (TPSA) is 63.8 Å². The number of para-hydroxylation sites is 1. The van der Waals surface area contributed by atoms with Crippen molar-refractivity contribution < 1.29 is 9.84 Å². The SMILES string of the molecule is COc1ccccc1[C@@H]1C2=C(N=c3s/c(=C\c4cc(Br)cc(I)c4O)c(=O)n31)c1ccccc1CC2. The number of ether oxygens (including phenoxy) is 1. The fourth-order valence-electron chi connectivity index (χ4n) is 5.03. The molecule has 180 valence electrons. The molecule has 1 aromatic heterocycles. The van der Waals surface area contributed by atoms with Crippen molar-refractivity contribution in [1.29, 1.82) is 0 Å². The van der Waals surface area contributed by atoms with Crippen LogP contribution >= 0.6 is 49.9 Å². The summed E-state index contributed by atoms with van der Waals surface area (Å²) in [5.74, 6) is 0.892. The molecule has 6 rings (SSSR count). The Morgan fingerprint density at radius 2 is 1.94 bits per heavy atom. The monoisotopic (exact) mass is 670 g/mol. The van der Waals surface area contributed by atoms with E-state index in [-0.39, 0.29) is 17.4 Å². The van der Waals surface area contributed by atoms with Gasteiger partial charge in [-0.2, -0.15) is 0 Å². The van der Waals surface area contributed by atoms with Gasteiger partial charge in [0.1, 0.15) is 11.5 Å². The van der Waals surface area contributed by atoms with Crippen LogP contribution in [0, 0.1) is 3.57 Å². The second-order valence-corrected chi connectivity index (χ2v) is 11.8. The van der Waals surface area contributed by atoms with Gasteiger partial charge in [-0.1, -0.05) is 69.7 Å². The minimum atomic E-state index is -0.320. The summed E-state index contributed by atoms with van der Waals surface area (Å²) in [6.45, 7) is 0. The Bertz CT molecular complexity index is 1760. The van der Waals surface area contributed by atoms with Crippen molar-refractivity contribution in [2.24, 2.45) is 4.99 Å². The number of aryl methyl sites for hydroxylation is 1. The molecule has 36 heavy (non-hydrogen) atoms. The maximum Gasteiger partial charge on any atom is 0.271 e. The smallest absolute Gasteiger partial charge is 0.271 e. The Balaban J connectivity index is 1.66. The maximum absolute atomic E-state index is 13.9. The van der Waals surface area contributed by atoms with Crippen LogP contribution in [0.4, 0.5) is 0 Å². The van der Waals surface area contributed by atoms with E-state index < -0.39 is 0 Å². The predicted octanol–water partition coefficient (Wildman–Crippen LogP) is 5.40. The Kier molecular flexibility index (Phi) is 6.13. The molecule has 4 aromatic rings. The Hall–Kier alpha value is -2.69. The lowest BCUT2D eigenvalue weighted by atomic mass is 9.83. The van der Waals surface area contributed by atoms with Gasteiger partial charge in [-0.05, 0) is 70.8 Å².